The lowest BCUT2D eigenvalue weighted by Gasteiger charge is -2.34. The number of piperazine rings is 1. The molecule has 0 spiro atoms. The molecule has 2 heterocycles. The number of amides is 2. The predicted octanol–water partition coefficient (Wildman–Crippen LogP) is 2.10. The summed E-state index contributed by atoms with van der Waals surface area (Å²) in [5, 5.41) is 0. The van der Waals surface area contributed by atoms with Crippen molar-refractivity contribution < 1.29 is 27.8 Å². The highest BCUT2D eigenvalue weighted by Crippen LogP contribution is 2.41. The third-order valence-electron chi connectivity index (χ3n) is 4.67. The normalized spacial score (nSPS) is 21.3. The van der Waals surface area contributed by atoms with Gasteiger partial charge in [-0.3, -0.25) is 9.59 Å². The Morgan fingerprint density at radius 2 is 1.69 bits per heavy atom. The first-order valence-electron chi connectivity index (χ1n) is 8.57. The Labute approximate surface area is 149 Å². The molecule has 1 saturated heterocycles. The Morgan fingerprint density at radius 1 is 1.04 bits per heavy atom. The monoisotopic (exact) mass is 364 g/mol. The molecule has 0 N–H and O–H groups in total. The largest absolute Gasteiger partial charge is 0.586 e. The van der Waals surface area contributed by atoms with Gasteiger partial charge in [0.2, 0.25) is 11.8 Å². The highest BCUT2D eigenvalue weighted by Gasteiger charge is 2.43. The van der Waals surface area contributed by atoms with E-state index in [0.29, 0.717) is 31.7 Å². The van der Waals surface area contributed by atoms with Gasteiger partial charge in [0, 0.05) is 38.2 Å². The third-order valence-corrected chi connectivity index (χ3v) is 4.67. The number of halogens is 2. The zero-order valence-electron chi connectivity index (χ0n) is 14.0. The maximum absolute atomic E-state index is 13.0. The molecule has 0 aromatic heterocycles. The number of ether oxygens (including phenoxy) is 2. The fraction of sp³-hybridized carbons (Fsp3) is 0.444. The fourth-order valence-corrected chi connectivity index (χ4v) is 3.08. The molecule has 8 heteroatoms. The molecule has 1 aromatic carbocycles. The maximum atomic E-state index is 13.0. The van der Waals surface area contributed by atoms with Crippen LogP contribution in [-0.2, 0) is 9.59 Å². The lowest BCUT2D eigenvalue weighted by atomic mass is 10.2. The van der Waals surface area contributed by atoms with Crippen molar-refractivity contribution in [2.75, 3.05) is 26.2 Å². The summed E-state index contributed by atoms with van der Waals surface area (Å²) in [6, 6.07) is 4.34. The molecule has 0 radical (unpaired) electrons. The molecule has 6 nitrogen and oxygen atoms in total. The summed E-state index contributed by atoms with van der Waals surface area (Å²) in [7, 11) is 0. The first-order chi connectivity index (χ1) is 12.4. The van der Waals surface area contributed by atoms with Crippen LogP contribution in [0.5, 0.6) is 11.5 Å². The number of carbonyl (C=O) groups excluding carboxylic acids is 2. The van der Waals surface area contributed by atoms with Crippen LogP contribution in [0, 0.1) is 5.92 Å². The number of hydrogen-bond donors (Lipinski definition) is 0. The lowest BCUT2D eigenvalue weighted by Crippen LogP contribution is -2.50. The molecule has 138 valence electrons. The van der Waals surface area contributed by atoms with E-state index in [-0.39, 0.29) is 29.2 Å². The minimum Gasteiger partial charge on any atom is -0.395 e. The van der Waals surface area contributed by atoms with Gasteiger partial charge >= 0.3 is 6.29 Å². The fourth-order valence-electron chi connectivity index (χ4n) is 3.08. The summed E-state index contributed by atoms with van der Waals surface area (Å²) < 4.78 is 34.8. The van der Waals surface area contributed by atoms with Crippen molar-refractivity contribution in [2.24, 2.45) is 5.92 Å². The first kappa shape index (κ1) is 16.8. The Balaban J connectivity index is 1.33. The van der Waals surface area contributed by atoms with Crippen LogP contribution in [0.15, 0.2) is 24.3 Å². The summed E-state index contributed by atoms with van der Waals surface area (Å²) >= 11 is 0. The lowest BCUT2D eigenvalue weighted by molar-refractivity contribution is -0.286. The van der Waals surface area contributed by atoms with Crippen LogP contribution in [0.3, 0.4) is 0 Å². The van der Waals surface area contributed by atoms with E-state index in [2.05, 4.69) is 9.47 Å². The van der Waals surface area contributed by atoms with Gasteiger partial charge in [-0.25, -0.2) is 0 Å². The van der Waals surface area contributed by atoms with Crippen LogP contribution < -0.4 is 9.47 Å². The van der Waals surface area contributed by atoms with Crippen LogP contribution in [0.4, 0.5) is 8.78 Å². The number of nitrogens with zero attached hydrogens (tertiary/aromatic N) is 2. The van der Waals surface area contributed by atoms with Gasteiger partial charge in [-0.05, 0) is 36.6 Å². The average molecular weight is 364 g/mol. The topological polar surface area (TPSA) is 59.1 Å². The van der Waals surface area contributed by atoms with Gasteiger partial charge in [0.25, 0.3) is 0 Å². The van der Waals surface area contributed by atoms with Crippen LogP contribution in [0.1, 0.15) is 18.4 Å². The number of fused-ring (bicyclic) bond motifs is 1. The highest BCUT2D eigenvalue weighted by atomic mass is 19.3. The Hall–Kier alpha value is -2.64. The SMILES string of the molecule is O=C(/C=C/c1ccc2c(c1)OC(F)(F)O2)N1CCN(C(=O)C2CC2)CC1. The number of alkyl halides is 2. The Kier molecular flexibility index (Phi) is 4.05. The van der Waals surface area contributed by atoms with Crippen LogP contribution in [0.25, 0.3) is 6.08 Å². The van der Waals surface area contributed by atoms with Crippen molar-refractivity contribution in [1.82, 2.24) is 9.80 Å². The van der Waals surface area contributed by atoms with Crippen LogP contribution in [-0.4, -0.2) is 54.1 Å². The molecule has 1 saturated carbocycles. The van der Waals surface area contributed by atoms with E-state index in [1.54, 1.807) is 17.0 Å². The molecule has 4 rings (SSSR count). The molecule has 2 fully saturated rings. The van der Waals surface area contributed by atoms with Crippen molar-refractivity contribution in [1.29, 1.82) is 0 Å². The number of hydrogen-bond acceptors (Lipinski definition) is 4. The second-order valence-electron chi connectivity index (χ2n) is 6.63. The molecule has 1 aliphatic carbocycles. The van der Waals surface area contributed by atoms with Gasteiger partial charge in [0.05, 0.1) is 0 Å². The maximum Gasteiger partial charge on any atom is 0.586 e. The smallest absolute Gasteiger partial charge is 0.395 e. The van der Waals surface area contributed by atoms with Crippen LogP contribution in [0.2, 0.25) is 0 Å². The Bertz CT molecular complexity index is 768. The van der Waals surface area contributed by atoms with Crippen molar-refractivity contribution in [3.8, 4) is 11.5 Å². The van der Waals surface area contributed by atoms with E-state index in [1.165, 1.54) is 18.2 Å². The third kappa shape index (κ3) is 3.49. The molecule has 0 unspecified atom stereocenters. The second kappa shape index (κ2) is 6.26. The number of benzene rings is 1. The van der Waals surface area contributed by atoms with E-state index >= 15 is 0 Å². The molecule has 2 aliphatic heterocycles. The molecular weight excluding hydrogens is 346 g/mol. The molecule has 1 aromatic rings. The van der Waals surface area contributed by atoms with Crippen molar-refractivity contribution in [3.05, 3.63) is 29.8 Å². The minimum absolute atomic E-state index is 0.0325. The average Bonchev–Trinajstić information content (AvgIpc) is 3.41. The van der Waals surface area contributed by atoms with Gasteiger partial charge in [-0.1, -0.05) is 6.07 Å². The molecule has 0 bridgehead atoms. The van der Waals surface area contributed by atoms with Gasteiger partial charge in [0.15, 0.2) is 11.5 Å². The van der Waals surface area contributed by atoms with Crippen LogP contribution >= 0.6 is 0 Å². The van der Waals surface area contributed by atoms with Crippen molar-refractivity contribution in [2.45, 2.75) is 19.1 Å². The zero-order chi connectivity index (χ0) is 18.3. The van der Waals surface area contributed by atoms with E-state index in [9.17, 15) is 18.4 Å². The van der Waals surface area contributed by atoms with E-state index in [1.807, 2.05) is 4.90 Å². The van der Waals surface area contributed by atoms with Crippen molar-refractivity contribution >= 4 is 17.9 Å². The number of rotatable bonds is 3. The number of carbonyl (C=O) groups is 2. The second-order valence-corrected chi connectivity index (χ2v) is 6.63. The van der Waals surface area contributed by atoms with E-state index in [4.69, 9.17) is 0 Å². The minimum atomic E-state index is -3.65. The molecule has 2 amide bonds. The zero-order valence-corrected chi connectivity index (χ0v) is 14.0. The van der Waals surface area contributed by atoms with E-state index < -0.39 is 6.29 Å². The summed E-state index contributed by atoms with van der Waals surface area (Å²) in [6.45, 7) is 2.09. The van der Waals surface area contributed by atoms with Gasteiger partial charge in [-0.2, -0.15) is 0 Å². The molecule has 3 aliphatic rings. The Morgan fingerprint density at radius 3 is 2.38 bits per heavy atom. The van der Waals surface area contributed by atoms with Gasteiger partial charge in [-0.15, -0.1) is 8.78 Å². The molecule has 26 heavy (non-hydrogen) atoms. The van der Waals surface area contributed by atoms with E-state index in [0.717, 1.165) is 12.8 Å². The predicted molar refractivity (Wildman–Crippen MR) is 87.6 cm³/mol. The summed E-state index contributed by atoms with van der Waals surface area (Å²) in [5.74, 6) is 0.124. The quantitative estimate of drug-likeness (QED) is 0.771. The summed E-state index contributed by atoms with van der Waals surface area (Å²) in [5.41, 5.74) is 0.556. The standard InChI is InChI=1S/C18H18F2N2O4/c19-18(20)25-14-5-1-12(11-15(14)26-18)2-6-16(23)21-7-9-22(10-8-21)17(24)13-3-4-13/h1-2,5-6,11,13H,3-4,7-10H2/b6-2+. The summed E-state index contributed by atoms with van der Waals surface area (Å²) in [4.78, 5) is 27.8. The highest BCUT2D eigenvalue weighted by molar-refractivity contribution is 5.92. The summed E-state index contributed by atoms with van der Waals surface area (Å²) in [6.07, 6.45) is 1.24. The van der Waals surface area contributed by atoms with Gasteiger partial charge < -0.3 is 19.3 Å². The van der Waals surface area contributed by atoms with Gasteiger partial charge in [0.1, 0.15) is 0 Å². The molecule has 0 atom stereocenters. The molecular formula is C18H18F2N2O4. The first-order valence-corrected chi connectivity index (χ1v) is 8.57. The van der Waals surface area contributed by atoms with Crippen molar-refractivity contribution in [3.63, 3.8) is 0 Å².